The number of likely N-dealkylation sites (N-methyl/N-ethyl adjacent to an activating group) is 1. The van der Waals surface area contributed by atoms with Gasteiger partial charge in [0.2, 0.25) is 0 Å². The fourth-order valence-corrected chi connectivity index (χ4v) is 4.10. The van der Waals surface area contributed by atoms with Crippen molar-refractivity contribution in [3.63, 3.8) is 0 Å². The number of aromatic hydroxyl groups is 1. The van der Waals surface area contributed by atoms with Gasteiger partial charge in [-0.3, -0.25) is 4.68 Å². The molecular weight excluding hydrogens is 472 g/mol. The first kappa shape index (κ1) is 27.1. The van der Waals surface area contributed by atoms with Crippen LogP contribution in [-0.4, -0.2) is 57.4 Å². The zero-order valence-electron chi connectivity index (χ0n) is 20.7. The van der Waals surface area contributed by atoms with Gasteiger partial charge in [0, 0.05) is 18.7 Å². The topological polar surface area (TPSA) is 74.4 Å². The first-order valence-electron chi connectivity index (χ1n) is 11.9. The van der Waals surface area contributed by atoms with Crippen LogP contribution in [0.4, 0.5) is 0 Å². The molecule has 0 bridgehead atoms. The van der Waals surface area contributed by atoms with E-state index < -0.39 is 0 Å². The quantitative estimate of drug-likeness (QED) is 0.284. The number of aromatic nitrogens is 3. The van der Waals surface area contributed by atoms with Crippen molar-refractivity contribution in [1.82, 2.24) is 19.9 Å². The lowest BCUT2D eigenvalue weighted by Gasteiger charge is -2.18. The number of hydrogen-bond acceptors (Lipinski definition) is 5. The molecule has 0 radical (unpaired) electrons. The van der Waals surface area contributed by atoms with E-state index in [0.29, 0.717) is 6.42 Å². The number of phenols is 1. The number of nitrogens with zero attached hydrogens (tertiary/aromatic N) is 4. The Bertz CT molecular complexity index is 1250. The van der Waals surface area contributed by atoms with Crippen molar-refractivity contribution in [2.24, 2.45) is 0 Å². The minimum atomic E-state index is 0. The van der Waals surface area contributed by atoms with E-state index in [-0.39, 0.29) is 24.8 Å². The highest BCUT2D eigenvalue weighted by molar-refractivity contribution is 5.98. The van der Waals surface area contributed by atoms with Crippen molar-refractivity contribution in [2.75, 3.05) is 27.2 Å². The summed E-state index contributed by atoms with van der Waals surface area (Å²) in [7, 11) is 4.08. The van der Waals surface area contributed by atoms with Crippen LogP contribution in [0.25, 0.3) is 22.4 Å². The zero-order valence-corrected chi connectivity index (χ0v) is 21.5. The molecule has 36 heavy (non-hydrogen) atoms. The first-order chi connectivity index (χ1) is 17.0. The van der Waals surface area contributed by atoms with Crippen LogP contribution in [0.1, 0.15) is 29.5 Å². The summed E-state index contributed by atoms with van der Waals surface area (Å²) in [6.07, 6.45) is 3.38. The number of aliphatic hydroxyl groups excluding tert-OH is 1. The number of aliphatic hydroxyl groups is 1. The fourth-order valence-electron chi connectivity index (χ4n) is 4.10. The summed E-state index contributed by atoms with van der Waals surface area (Å²) in [6.45, 7) is 1.82. The molecule has 0 fully saturated rings. The van der Waals surface area contributed by atoms with E-state index in [1.165, 1.54) is 0 Å². The van der Waals surface area contributed by atoms with Crippen LogP contribution < -0.4 is 0 Å². The Labute approximate surface area is 218 Å². The van der Waals surface area contributed by atoms with Gasteiger partial charge in [-0.25, -0.2) is 0 Å². The second-order valence-corrected chi connectivity index (χ2v) is 8.84. The molecule has 0 aliphatic heterocycles. The molecule has 188 valence electrons. The maximum absolute atomic E-state index is 9.87. The molecule has 0 saturated heterocycles. The maximum atomic E-state index is 9.87. The monoisotopic (exact) mass is 504 g/mol. The van der Waals surface area contributed by atoms with Gasteiger partial charge in [0.05, 0.1) is 12.7 Å². The minimum Gasteiger partial charge on any atom is -0.508 e. The summed E-state index contributed by atoms with van der Waals surface area (Å²) in [5.74, 6) is 0.234. The molecule has 0 spiro atoms. The first-order valence-corrected chi connectivity index (χ1v) is 11.9. The number of allylic oxidation sites excluding steroid dienone is 1. The second-order valence-electron chi connectivity index (χ2n) is 8.84. The Hall–Kier alpha value is -3.45. The number of benzene rings is 3. The summed E-state index contributed by atoms with van der Waals surface area (Å²) in [5, 5.41) is 28.1. The average Bonchev–Trinajstić information content (AvgIpc) is 3.36. The standard InChI is InChI=1S/C29H32N4O2.ClH/c1-32(2)18-19-33-21-28(30-31-33)23-10-12-24(13-11-23)29(25-14-16-26(35)17-15-25)27(9-6-20-34)22-7-4-3-5-8-22;/h3-5,7-8,10-17,21,34-35H,6,9,18-20H2,1-2H3;1H/b29-27+;. The highest BCUT2D eigenvalue weighted by Gasteiger charge is 2.15. The highest BCUT2D eigenvalue weighted by atomic mass is 35.5. The summed E-state index contributed by atoms with van der Waals surface area (Å²) in [4.78, 5) is 2.12. The van der Waals surface area contributed by atoms with Gasteiger partial charge in [-0.2, -0.15) is 0 Å². The molecule has 0 unspecified atom stereocenters. The van der Waals surface area contributed by atoms with E-state index in [2.05, 4.69) is 51.6 Å². The van der Waals surface area contributed by atoms with E-state index in [1.807, 2.05) is 55.3 Å². The Morgan fingerprint density at radius 2 is 1.50 bits per heavy atom. The van der Waals surface area contributed by atoms with Gasteiger partial charge in [0.15, 0.2) is 0 Å². The van der Waals surface area contributed by atoms with Gasteiger partial charge in [0.25, 0.3) is 0 Å². The predicted octanol–water partition coefficient (Wildman–Crippen LogP) is 5.37. The molecular formula is C29H33ClN4O2. The van der Waals surface area contributed by atoms with Gasteiger partial charge >= 0.3 is 0 Å². The number of hydrogen-bond donors (Lipinski definition) is 2. The van der Waals surface area contributed by atoms with E-state index in [1.54, 1.807) is 12.1 Å². The van der Waals surface area contributed by atoms with Crippen molar-refractivity contribution in [3.8, 4) is 17.0 Å². The normalized spacial score (nSPS) is 11.8. The summed E-state index contributed by atoms with van der Waals surface area (Å²) in [6, 6.07) is 26.0. The highest BCUT2D eigenvalue weighted by Crippen LogP contribution is 2.36. The van der Waals surface area contributed by atoms with Crippen LogP contribution in [0.2, 0.25) is 0 Å². The van der Waals surface area contributed by atoms with Crippen LogP contribution in [0.5, 0.6) is 5.75 Å². The molecule has 4 aromatic rings. The lowest BCUT2D eigenvalue weighted by Crippen LogP contribution is -2.18. The molecule has 7 heteroatoms. The average molecular weight is 505 g/mol. The Balaban J connectivity index is 0.00000361. The summed E-state index contributed by atoms with van der Waals surface area (Å²) in [5.41, 5.74) is 7.30. The van der Waals surface area contributed by atoms with E-state index >= 15 is 0 Å². The molecule has 0 aliphatic rings. The number of halogens is 1. The molecule has 4 rings (SSSR count). The molecule has 0 aliphatic carbocycles. The number of rotatable bonds is 10. The van der Waals surface area contributed by atoms with Crippen LogP contribution in [-0.2, 0) is 6.54 Å². The third-order valence-electron chi connectivity index (χ3n) is 5.95. The molecule has 0 atom stereocenters. The molecule has 0 saturated carbocycles. The lowest BCUT2D eigenvalue weighted by molar-refractivity contribution is 0.290. The Morgan fingerprint density at radius 1 is 0.861 bits per heavy atom. The van der Waals surface area contributed by atoms with Crippen molar-refractivity contribution < 1.29 is 10.2 Å². The predicted molar refractivity (Wildman–Crippen MR) is 148 cm³/mol. The Morgan fingerprint density at radius 3 is 2.11 bits per heavy atom. The van der Waals surface area contributed by atoms with Crippen LogP contribution in [0, 0.1) is 0 Å². The minimum absolute atomic E-state index is 0. The molecule has 0 amide bonds. The molecule has 1 aromatic heterocycles. The molecule has 2 N–H and O–H groups in total. The lowest BCUT2D eigenvalue weighted by atomic mass is 9.87. The Kier molecular flexibility index (Phi) is 9.82. The van der Waals surface area contributed by atoms with E-state index in [9.17, 15) is 10.2 Å². The third-order valence-corrected chi connectivity index (χ3v) is 5.95. The van der Waals surface area contributed by atoms with E-state index in [4.69, 9.17) is 0 Å². The second kappa shape index (κ2) is 13.0. The van der Waals surface area contributed by atoms with Crippen molar-refractivity contribution in [1.29, 1.82) is 0 Å². The van der Waals surface area contributed by atoms with Gasteiger partial charge in [-0.05, 0) is 66.9 Å². The van der Waals surface area contributed by atoms with Crippen molar-refractivity contribution in [2.45, 2.75) is 19.4 Å². The van der Waals surface area contributed by atoms with Gasteiger partial charge in [-0.15, -0.1) is 17.5 Å². The molecule has 3 aromatic carbocycles. The van der Waals surface area contributed by atoms with Crippen molar-refractivity contribution >= 4 is 23.6 Å². The summed E-state index contributed by atoms with van der Waals surface area (Å²) < 4.78 is 1.87. The van der Waals surface area contributed by atoms with Crippen LogP contribution in [0.15, 0.2) is 85.1 Å². The van der Waals surface area contributed by atoms with Gasteiger partial charge in [-0.1, -0.05) is 71.9 Å². The smallest absolute Gasteiger partial charge is 0.115 e. The van der Waals surface area contributed by atoms with Crippen LogP contribution in [0.3, 0.4) is 0 Å². The number of phenolic OH excluding ortho intramolecular Hbond substituents is 1. The zero-order chi connectivity index (χ0) is 24.6. The summed E-state index contributed by atoms with van der Waals surface area (Å²) >= 11 is 0. The molecule has 1 heterocycles. The van der Waals surface area contributed by atoms with Crippen molar-refractivity contribution in [3.05, 3.63) is 102 Å². The SMILES string of the molecule is CN(C)CCn1cc(-c2ccc(/C(=C(/CCCO)c3ccccc3)c3ccc(O)cc3)cc2)nn1.Cl. The van der Waals surface area contributed by atoms with E-state index in [0.717, 1.165) is 58.6 Å². The molecule has 6 nitrogen and oxygen atoms in total. The largest absolute Gasteiger partial charge is 0.508 e. The van der Waals surface area contributed by atoms with Crippen LogP contribution >= 0.6 is 12.4 Å². The van der Waals surface area contributed by atoms with Gasteiger partial charge < -0.3 is 15.1 Å². The fraction of sp³-hybridized carbons (Fsp3) is 0.241. The maximum Gasteiger partial charge on any atom is 0.115 e. The third kappa shape index (κ3) is 6.82. The van der Waals surface area contributed by atoms with Gasteiger partial charge in [0.1, 0.15) is 11.4 Å².